The van der Waals surface area contributed by atoms with E-state index in [2.05, 4.69) is 13.8 Å². The fourth-order valence-corrected chi connectivity index (χ4v) is 6.45. The molecule has 0 aromatic rings. The van der Waals surface area contributed by atoms with Gasteiger partial charge < -0.3 is 10.2 Å². The Morgan fingerprint density at radius 3 is 0.690 bits per heavy atom. The first-order valence-corrected chi connectivity index (χ1v) is 19.5. The summed E-state index contributed by atoms with van der Waals surface area (Å²) in [6, 6.07) is 0. The number of hydrogen-bond acceptors (Lipinski definition) is 2. The molecule has 0 bridgehead atoms. The largest absolute Gasteiger partial charge is 0.479 e. The van der Waals surface area contributed by atoms with Crippen molar-refractivity contribution < 1.29 is 15.0 Å². The normalized spacial score (nSPS) is 13.0. The number of carboxylic acid groups (broad SMARTS) is 1. The monoisotopic (exact) mass is 595 g/mol. The average Bonchev–Trinajstić information content (AvgIpc) is 2.98. The first-order chi connectivity index (χ1) is 20.6. The van der Waals surface area contributed by atoms with Gasteiger partial charge in [-0.1, -0.05) is 213 Å². The zero-order valence-corrected chi connectivity index (χ0v) is 29.1. The van der Waals surface area contributed by atoms with E-state index in [9.17, 15) is 15.0 Å². The highest BCUT2D eigenvalue weighted by Crippen LogP contribution is 2.24. The molecule has 0 aromatic heterocycles. The van der Waals surface area contributed by atoms with E-state index in [1.54, 1.807) is 0 Å². The van der Waals surface area contributed by atoms with E-state index in [1.165, 1.54) is 186 Å². The number of carbonyl (C=O) groups is 1. The Morgan fingerprint density at radius 1 is 0.357 bits per heavy atom. The van der Waals surface area contributed by atoms with Crippen LogP contribution in [0.5, 0.6) is 0 Å². The third-order valence-corrected chi connectivity index (χ3v) is 9.54. The van der Waals surface area contributed by atoms with Crippen molar-refractivity contribution >= 4 is 5.97 Å². The van der Waals surface area contributed by atoms with Crippen LogP contribution in [0.1, 0.15) is 239 Å². The van der Waals surface area contributed by atoms with Gasteiger partial charge in [0.1, 0.15) is 0 Å². The molecular formula is C39H78O3. The van der Waals surface area contributed by atoms with Gasteiger partial charge in [-0.25, -0.2) is 4.79 Å². The van der Waals surface area contributed by atoms with Crippen molar-refractivity contribution in [3.05, 3.63) is 0 Å². The first kappa shape index (κ1) is 41.4. The van der Waals surface area contributed by atoms with E-state index < -0.39 is 11.6 Å². The number of aliphatic carboxylic acids is 1. The van der Waals surface area contributed by atoms with Crippen LogP contribution in [-0.2, 0) is 4.79 Å². The molecule has 0 aliphatic carbocycles. The summed E-state index contributed by atoms with van der Waals surface area (Å²) in [4.78, 5) is 11.8. The molecule has 2 N–H and O–H groups in total. The third kappa shape index (κ3) is 29.5. The molecule has 0 spiro atoms. The van der Waals surface area contributed by atoms with Crippen LogP contribution < -0.4 is 0 Å². The second-order valence-corrected chi connectivity index (χ2v) is 13.8. The number of unbranched alkanes of at least 4 members (excludes halogenated alkanes) is 31. The Labute approximate surface area is 264 Å². The summed E-state index contributed by atoms with van der Waals surface area (Å²) in [5, 5.41) is 20.4. The van der Waals surface area contributed by atoms with Gasteiger partial charge in [-0.2, -0.15) is 0 Å². The van der Waals surface area contributed by atoms with Gasteiger partial charge in [0.05, 0.1) is 0 Å². The topological polar surface area (TPSA) is 57.5 Å². The maximum atomic E-state index is 11.8. The Bertz CT molecular complexity index is 534. The van der Waals surface area contributed by atoms with Crippen molar-refractivity contribution in [1.82, 2.24) is 0 Å². The number of carboxylic acids is 1. The van der Waals surface area contributed by atoms with Gasteiger partial charge in [-0.05, 0) is 25.7 Å². The van der Waals surface area contributed by atoms with Crippen LogP contribution in [0.25, 0.3) is 0 Å². The van der Waals surface area contributed by atoms with E-state index >= 15 is 0 Å². The lowest BCUT2D eigenvalue weighted by Gasteiger charge is -2.23. The molecule has 0 rings (SSSR count). The molecule has 252 valence electrons. The van der Waals surface area contributed by atoms with Crippen LogP contribution in [0.15, 0.2) is 0 Å². The quantitative estimate of drug-likeness (QED) is 0.0709. The minimum Gasteiger partial charge on any atom is -0.479 e. The lowest BCUT2D eigenvalue weighted by Crippen LogP contribution is -2.38. The number of rotatable bonds is 36. The maximum absolute atomic E-state index is 11.8. The van der Waals surface area contributed by atoms with Gasteiger partial charge in [0.15, 0.2) is 5.60 Å². The Kier molecular flexibility index (Phi) is 32.9. The standard InChI is InChI=1S/C39H78O3/c1-3-5-7-9-11-13-15-17-19-21-23-25-27-29-31-33-35-37-39(42,38(40)41)36-34-32-30-28-26-24-22-20-18-16-14-12-10-8-6-4-2/h42H,3-37H2,1-2H3,(H,40,41). The predicted molar refractivity (Wildman–Crippen MR) is 186 cm³/mol. The summed E-state index contributed by atoms with van der Waals surface area (Å²) in [5.74, 6) is -1.01. The molecule has 3 heteroatoms. The van der Waals surface area contributed by atoms with Gasteiger partial charge in [-0.15, -0.1) is 0 Å². The van der Waals surface area contributed by atoms with Crippen LogP contribution in [0.4, 0.5) is 0 Å². The summed E-state index contributed by atoms with van der Waals surface area (Å²) in [5.41, 5.74) is -1.51. The summed E-state index contributed by atoms with van der Waals surface area (Å²) in [6.07, 6.45) is 44.2. The zero-order chi connectivity index (χ0) is 30.8. The number of hydrogen-bond donors (Lipinski definition) is 2. The Hall–Kier alpha value is -0.570. The molecule has 0 aliphatic heterocycles. The fourth-order valence-electron chi connectivity index (χ4n) is 6.45. The number of aliphatic hydroxyl groups is 1. The minimum atomic E-state index is -1.51. The lowest BCUT2D eigenvalue weighted by molar-refractivity contribution is -0.160. The molecule has 0 aromatic carbocycles. The molecule has 3 nitrogen and oxygen atoms in total. The van der Waals surface area contributed by atoms with Gasteiger partial charge in [0, 0.05) is 0 Å². The molecule has 0 saturated heterocycles. The molecule has 0 radical (unpaired) electrons. The minimum absolute atomic E-state index is 0.416. The molecule has 42 heavy (non-hydrogen) atoms. The third-order valence-electron chi connectivity index (χ3n) is 9.54. The van der Waals surface area contributed by atoms with E-state index in [4.69, 9.17) is 0 Å². The summed E-state index contributed by atoms with van der Waals surface area (Å²) < 4.78 is 0. The lowest BCUT2D eigenvalue weighted by atomic mass is 9.89. The molecule has 1 unspecified atom stereocenters. The van der Waals surface area contributed by atoms with Crippen molar-refractivity contribution in [3.8, 4) is 0 Å². The van der Waals surface area contributed by atoms with Gasteiger partial charge in [0.25, 0.3) is 0 Å². The van der Waals surface area contributed by atoms with Crippen LogP contribution in [0.2, 0.25) is 0 Å². The molecule has 0 saturated carbocycles. The van der Waals surface area contributed by atoms with Crippen LogP contribution in [0.3, 0.4) is 0 Å². The van der Waals surface area contributed by atoms with Crippen molar-refractivity contribution in [2.45, 2.75) is 244 Å². The van der Waals surface area contributed by atoms with E-state index in [-0.39, 0.29) is 0 Å². The van der Waals surface area contributed by atoms with Crippen molar-refractivity contribution in [2.75, 3.05) is 0 Å². The van der Waals surface area contributed by atoms with Crippen molar-refractivity contribution in [3.63, 3.8) is 0 Å². The first-order valence-electron chi connectivity index (χ1n) is 19.5. The highest BCUT2D eigenvalue weighted by atomic mass is 16.4. The van der Waals surface area contributed by atoms with E-state index in [1.807, 2.05) is 0 Å². The van der Waals surface area contributed by atoms with Gasteiger partial charge >= 0.3 is 5.97 Å². The Morgan fingerprint density at radius 2 is 0.524 bits per heavy atom. The van der Waals surface area contributed by atoms with Crippen molar-refractivity contribution in [2.24, 2.45) is 0 Å². The molecule has 1 atom stereocenters. The van der Waals surface area contributed by atoms with Gasteiger partial charge in [-0.3, -0.25) is 0 Å². The SMILES string of the molecule is CCCCCCCCCCCCCCCCCCCC(O)(CCCCCCCCCCCCCCCCCC)C(=O)O. The molecule has 0 heterocycles. The smallest absolute Gasteiger partial charge is 0.335 e. The van der Waals surface area contributed by atoms with Gasteiger partial charge in [0.2, 0.25) is 0 Å². The fraction of sp³-hybridized carbons (Fsp3) is 0.974. The summed E-state index contributed by atoms with van der Waals surface area (Å²) in [7, 11) is 0. The second kappa shape index (κ2) is 33.3. The van der Waals surface area contributed by atoms with Crippen molar-refractivity contribution in [1.29, 1.82) is 0 Å². The van der Waals surface area contributed by atoms with Crippen LogP contribution in [-0.4, -0.2) is 21.8 Å². The van der Waals surface area contributed by atoms with E-state index in [0.29, 0.717) is 12.8 Å². The molecule has 0 aliphatic rings. The van der Waals surface area contributed by atoms with Crippen LogP contribution in [0, 0.1) is 0 Å². The highest BCUT2D eigenvalue weighted by molar-refractivity contribution is 5.76. The second-order valence-electron chi connectivity index (χ2n) is 13.8. The molecule has 0 amide bonds. The molecular weight excluding hydrogens is 516 g/mol. The summed E-state index contributed by atoms with van der Waals surface area (Å²) >= 11 is 0. The maximum Gasteiger partial charge on any atom is 0.335 e. The average molecular weight is 595 g/mol. The Balaban J connectivity index is 3.50. The highest BCUT2D eigenvalue weighted by Gasteiger charge is 2.34. The predicted octanol–water partition coefficient (Wildman–Crippen LogP) is 13.5. The summed E-state index contributed by atoms with van der Waals surface area (Å²) in [6.45, 7) is 4.56. The zero-order valence-electron chi connectivity index (χ0n) is 29.1. The van der Waals surface area contributed by atoms with E-state index in [0.717, 1.165) is 25.7 Å². The molecule has 0 fully saturated rings. The van der Waals surface area contributed by atoms with Crippen LogP contribution >= 0.6 is 0 Å².